The molecule has 0 bridgehead atoms. The summed E-state index contributed by atoms with van der Waals surface area (Å²) in [7, 11) is 0. The van der Waals surface area contributed by atoms with Gasteiger partial charge >= 0.3 is 0 Å². The average Bonchev–Trinajstić information content (AvgIpc) is 2.77. The molecular formula is C16H23N3. The third-order valence-corrected chi connectivity index (χ3v) is 3.30. The molecule has 2 rings (SSSR count). The summed E-state index contributed by atoms with van der Waals surface area (Å²) in [6, 6.07) is 6.59. The van der Waals surface area contributed by atoms with Crippen LogP contribution >= 0.6 is 0 Å². The molecule has 0 atom stereocenters. The first-order chi connectivity index (χ1) is 9.08. The predicted octanol–water partition coefficient (Wildman–Crippen LogP) is 3.23. The first kappa shape index (κ1) is 13.8. The van der Waals surface area contributed by atoms with E-state index >= 15 is 0 Å². The number of nitrogens with one attached hydrogen (secondary N) is 1. The van der Waals surface area contributed by atoms with Crippen molar-refractivity contribution in [1.82, 2.24) is 14.9 Å². The van der Waals surface area contributed by atoms with E-state index < -0.39 is 0 Å². The van der Waals surface area contributed by atoms with E-state index in [9.17, 15) is 0 Å². The van der Waals surface area contributed by atoms with Gasteiger partial charge in [0.15, 0.2) is 0 Å². The molecule has 1 heterocycles. The van der Waals surface area contributed by atoms with Gasteiger partial charge in [0.2, 0.25) is 0 Å². The number of aryl methyl sites for hydroxylation is 2. The zero-order valence-corrected chi connectivity index (χ0v) is 12.3. The van der Waals surface area contributed by atoms with Gasteiger partial charge in [0, 0.05) is 24.6 Å². The van der Waals surface area contributed by atoms with Crippen LogP contribution < -0.4 is 5.32 Å². The minimum Gasteiger partial charge on any atom is -0.312 e. The summed E-state index contributed by atoms with van der Waals surface area (Å²) in [4.78, 5) is 4.26. The summed E-state index contributed by atoms with van der Waals surface area (Å²) in [6.07, 6.45) is 3.84. The van der Waals surface area contributed by atoms with Gasteiger partial charge in [-0.15, -0.1) is 0 Å². The molecule has 1 aromatic carbocycles. The van der Waals surface area contributed by atoms with Gasteiger partial charge in [-0.05, 0) is 49.6 Å². The van der Waals surface area contributed by atoms with Crippen molar-refractivity contribution in [2.75, 3.05) is 6.54 Å². The Labute approximate surface area is 115 Å². The van der Waals surface area contributed by atoms with Gasteiger partial charge in [-0.25, -0.2) is 4.98 Å². The molecule has 0 unspecified atom stereocenters. The first-order valence-corrected chi connectivity index (χ1v) is 6.88. The van der Waals surface area contributed by atoms with Crippen LogP contribution in [0.5, 0.6) is 0 Å². The Morgan fingerprint density at radius 3 is 2.63 bits per heavy atom. The van der Waals surface area contributed by atoms with Crippen molar-refractivity contribution in [1.29, 1.82) is 0 Å². The molecule has 0 aliphatic heterocycles. The zero-order valence-electron chi connectivity index (χ0n) is 12.3. The molecule has 0 amide bonds. The molecule has 0 fully saturated rings. The number of rotatable bonds is 5. The second-order valence-electron chi connectivity index (χ2n) is 5.48. The van der Waals surface area contributed by atoms with Crippen LogP contribution in [0.2, 0.25) is 0 Å². The lowest BCUT2D eigenvalue weighted by Crippen LogP contribution is -2.19. The third kappa shape index (κ3) is 3.44. The Bertz CT molecular complexity index is 541. The SMILES string of the molecule is Cc1cc(-n2ccnc2C)ccc1CNCC(C)C. The van der Waals surface area contributed by atoms with Crippen LogP contribution in [0.25, 0.3) is 5.69 Å². The lowest BCUT2D eigenvalue weighted by atomic mass is 10.1. The van der Waals surface area contributed by atoms with Gasteiger partial charge in [0.05, 0.1) is 0 Å². The fourth-order valence-corrected chi connectivity index (χ4v) is 2.17. The zero-order chi connectivity index (χ0) is 13.8. The Hall–Kier alpha value is -1.61. The minimum absolute atomic E-state index is 0.688. The lowest BCUT2D eigenvalue weighted by Gasteiger charge is -2.12. The van der Waals surface area contributed by atoms with Crippen molar-refractivity contribution in [3.8, 4) is 5.69 Å². The van der Waals surface area contributed by atoms with Gasteiger partial charge in [0.25, 0.3) is 0 Å². The predicted molar refractivity (Wildman–Crippen MR) is 79.6 cm³/mol. The van der Waals surface area contributed by atoms with Crippen LogP contribution in [0.1, 0.15) is 30.8 Å². The molecule has 19 heavy (non-hydrogen) atoms. The number of imidazole rings is 1. The summed E-state index contributed by atoms with van der Waals surface area (Å²) >= 11 is 0. The van der Waals surface area contributed by atoms with Crippen molar-refractivity contribution in [3.05, 3.63) is 47.5 Å². The van der Waals surface area contributed by atoms with Crippen LogP contribution in [0, 0.1) is 19.8 Å². The molecule has 3 heteroatoms. The highest BCUT2D eigenvalue weighted by Crippen LogP contribution is 2.16. The van der Waals surface area contributed by atoms with Crippen LogP contribution in [0.3, 0.4) is 0 Å². The largest absolute Gasteiger partial charge is 0.312 e. The Morgan fingerprint density at radius 2 is 2.05 bits per heavy atom. The number of benzene rings is 1. The van der Waals surface area contributed by atoms with Crippen molar-refractivity contribution in [2.24, 2.45) is 5.92 Å². The second-order valence-corrected chi connectivity index (χ2v) is 5.48. The smallest absolute Gasteiger partial charge is 0.110 e. The topological polar surface area (TPSA) is 29.9 Å². The Balaban J connectivity index is 2.11. The Kier molecular flexibility index (Phi) is 4.38. The van der Waals surface area contributed by atoms with Crippen molar-refractivity contribution in [2.45, 2.75) is 34.2 Å². The molecule has 0 aliphatic carbocycles. The quantitative estimate of drug-likeness (QED) is 0.891. The summed E-state index contributed by atoms with van der Waals surface area (Å²) in [6.45, 7) is 10.6. The molecule has 3 nitrogen and oxygen atoms in total. The van der Waals surface area contributed by atoms with E-state index in [-0.39, 0.29) is 0 Å². The highest BCUT2D eigenvalue weighted by atomic mass is 15.1. The molecule has 102 valence electrons. The van der Waals surface area contributed by atoms with Gasteiger partial charge in [-0.3, -0.25) is 0 Å². The highest BCUT2D eigenvalue weighted by molar-refractivity contribution is 5.40. The number of nitrogens with zero attached hydrogens (tertiary/aromatic N) is 2. The van der Waals surface area contributed by atoms with Crippen LogP contribution in [0.15, 0.2) is 30.6 Å². The standard InChI is InChI=1S/C16H23N3/c1-12(2)10-17-11-15-5-6-16(9-13(15)3)19-8-7-18-14(19)4/h5-9,12,17H,10-11H2,1-4H3. The first-order valence-electron chi connectivity index (χ1n) is 6.88. The third-order valence-electron chi connectivity index (χ3n) is 3.30. The van der Waals surface area contributed by atoms with Crippen molar-refractivity contribution < 1.29 is 0 Å². The number of hydrogen-bond acceptors (Lipinski definition) is 2. The van der Waals surface area contributed by atoms with Crippen LogP contribution in [-0.2, 0) is 6.54 Å². The van der Waals surface area contributed by atoms with Gasteiger partial charge in [-0.2, -0.15) is 0 Å². The van der Waals surface area contributed by atoms with Gasteiger partial charge in [0.1, 0.15) is 5.82 Å². The van der Waals surface area contributed by atoms with Crippen molar-refractivity contribution in [3.63, 3.8) is 0 Å². The fraction of sp³-hybridized carbons (Fsp3) is 0.438. The monoisotopic (exact) mass is 257 g/mol. The maximum absolute atomic E-state index is 4.26. The number of hydrogen-bond donors (Lipinski definition) is 1. The molecule has 1 aromatic heterocycles. The summed E-state index contributed by atoms with van der Waals surface area (Å²) in [5.41, 5.74) is 3.86. The fourth-order valence-electron chi connectivity index (χ4n) is 2.17. The van der Waals surface area contributed by atoms with E-state index in [0.717, 1.165) is 18.9 Å². The minimum atomic E-state index is 0.688. The normalized spacial score (nSPS) is 11.2. The molecular weight excluding hydrogens is 234 g/mol. The number of aromatic nitrogens is 2. The van der Waals surface area contributed by atoms with Crippen LogP contribution in [-0.4, -0.2) is 16.1 Å². The van der Waals surface area contributed by atoms with Crippen molar-refractivity contribution >= 4 is 0 Å². The van der Waals surface area contributed by atoms with E-state index in [1.807, 2.05) is 19.3 Å². The maximum Gasteiger partial charge on any atom is 0.110 e. The molecule has 2 aromatic rings. The Morgan fingerprint density at radius 1 is 1.26 bits per heavy atom. The second kappa shape index (κ2) is 6.02. The van der Waals surface area contributed by atoms with E-state index in [0.29, 0.717) is 5.92 Å². The average molecular weight is 257 g/mol. The summed E-state index contributed by atoms with van der Waals surface area (Å²) in [5.74, 6) is 1.71. The van der Waals surface area contributed by atoms with E-state index in [4.69, 9.17) is 0 Å². The highest BCUT2D eigenvalue weighted by Gasteiger charge is 2.04. The van der Waals surface area contributed by atoms with Gasteiger partial charge in [-0.1, -0.05) is 19.9 Å². The van der Waals surface area contributed by atoms with E-state index in [1.165, 1.54) is 16.8 Å². The molecule has 0 saturated heterocycles. The van der Waals surface area contributed by atoms with Crippen LogP contribution in [0.4, 0.5) is 0 Å². The molecule has 0 radical (unpaired) electrons. The lowest BCUT2D eigenvalue weighted by molar-refractivity contribution is 0.551. The van der Waals surface area contributed by atoms with E-state index in [2.05, 4.69) is 53.8 Å². The molecule has 1 N–H and O–H groups in total. The molecule has 0 spiro atoms. The summed E-state index contributed by atoms with van der Waals surface area (Å²) < 4.78 is 2.11. The molecule has 0 aliphatic rings. The van der Waals surface area contributed by atoms with Gasteiger partial charge < -0.3 is 9.88 Å². The summed E-state index contributed by atoms with van der Waals surface area (Å²) in [5, 5.41) is 3.49. The van der Waals surface area contributed by atoms with E-state index in [1.54, 1.807) is 0 Å². The molecule has 0 saturated carbocycles. The maximum atomic E-state index is 4.26.